The number of H-pyrrole nitrogens is 3. The van der Waals surface area contributed by atoms with Crippen LogP contribution in [0.2, 0.25) is 10.0 Å². The van der Waals surface area contributed by atoms with Crippen molar-refractivity contribution in [2.75, 3.05) is 4.72 Å². The first-order valence-electron chi connectivity index (χ1n) is 26.2. The highest BCUT2D eigenvalue weighted by molar-refractivity contribution is 7.93. The van der Waals surface area contributed by atoms with Crippen LogP contribution in [0.5, 0.6) is 0 Å². The number of hydrogen-bond acceptors (Lipinski definition) is 8. The molecule has 20 heteroatoms. The molecule has 3 aromatic heterocycles. The molecule has 0 aliphatic heterocycles. The van der Waals surface area contributed by atoms with Crippen LogP contribution in [0.4, 0.5) is 18.9 Å². The summed E-state index contributed by atoms with van der Waals surface area (Å²) in [6.45, 7) is 3.64. The van der Waals surface area contributed by atoms with Gasteiger partial charge >= 0.3 is 15.5 Å². The summed E-state index contributed by atoms with van der Waals surface area (Å²) >= 11 is 11.9. The van der Waals surface area contributed by atoms with Crippen LogP contribution >= 0.6 is 23.2 Å². The summed E-state index contributed by atoms with van der Waals surface area (Å²) in [6.07, 6.45) is 0. The van der Waals surface area contributed by atoms with Crippen molar-refractivity contribution in [3.63, 3.8) is 0 Å². The Bertz CT molecular complexity index is 5080. The molecule has 3 heterocycles. The maximum absolute atomic E-state index is 12.8. The Kier molecular flexibility index (Phi) is 17.6. The zero-order valence-corrected chi connectivity index (χ0v) is 48.9. The van der Waals surface area contributed by atoms with Crippen molar-refractivity contribution in [2.24, 2.45) is 5.14 Å². The fourth-order valence-corrected chi connectivity index (χ4v) is 10.7. The number of halogens is 5. The van der Waals surface area contributed by atoms with Gasteiger partial charge in [-0.15, -0.1) is 0 Å². The molecule has 9 aromatic carbocycles. The number of primary sulfonamides is 1. The number of ketones is 1. The Labute approximate surface area is 508 Å². The van der Waals surface area contributed by atoms with Crippen LogP contribution in [0.15, 0.2) is 205 Å². The lowest BCUT2D eigenvalue weighted by atomic mass is 9.97. The summed E-state index contributed by atoms with van der Waals surface area (Å²) in [5, 5.41) is 6.52. The van der Waals surface area contributed by atoms with E-state index in [1.165, 1.54) is 29.8 Å². The molecule has 0 bridgehead atoms. The van der Waals surface area contributed by atoms with E-state index in [-0.39, 0.29) is 21.9 Å². The first kappa shape index (κ1) is 59.9. The number of fused-ring (bicyclic) bond motifs is 3. The van der Waals surface area contributed by atoms with Crippen molar-refractivity contribution >= 4 is 87.8 Å². The molecule has 0 unspecified atom stereocenters. The zero-order chi connectivity index (χ0) is 61.5. The number of imidazole rings is 3. The standard InChI is InChI=1S/C24H18N2O.C22H13ClF3N3O2S.C21H14ClN3O2S/c1-16-6-5-7-18(14-16)10-13-24-25-22-12-11-19(15-23(22)26-24)21-9-4-3-8-20(21)17(2)27;23-16-5-3-4-14(12-16)8-11-21-27-19-10-9-15(13-20(19)28-21)17-6-1-2-7-18(17)29-32(30,31)22(24,25)26;22-16-5-3-4-14(12-16)8-11-21-24-18-10-9-15(13-19(18)25-21)17-6-1-2-7-20(17)28(23,26)27/h3-9,11-12,14-15H,1-2H3,(H,25,26);1-7,9-10,12-13,29H,(H,27,28);1-7,9-10,12-13H,(H,24,25)(H2,23,26,27). The Balaban J connectivity index is 0.000000145. The first-order chi connectivity index (χ1) is 41.6. The van der Waals surface area contributed by atoms with E-state index in [1.807, 2.05) is 97.9 Å². The van der Waals surface area contributed by atoms with Crippen LogP contribution in [-0.4, -0.2) is 58.0 Å². The predicted octanol–water partition coefficient (Wildman–Crippen LogP) is 14.6. The Morgan fingerprint density at radius 3 is 1.37 bits per heavy atom. The number of carbonyl (C=O) groups is 1. The summed E-state index contributed by atoms with van der Waals surface area (Å²) in [5.41, 5.74) is 7.10. The van der Waals surface area contributed by atoms with Gasteiger partial charge in [0.05, 0.1) is 43.7 Å². The van der Waals surface area contributed by atoms with E-state index in [0.717, 1.165) is 55.4 Å². The number of nitrogens with two attached hydrogens (primary N) is 1. The lowest BCUT2D eigenvalue weighted by molar-refractivity contribution is -0.0429. The van der Waals surface area contributed by atoms with E-state index in [0.29, 0.717) is 55.2 Å². The molecule has 13 nitrogen and oxygen atoms in total. The number of Topliss-reactive ketones (excluding diaryl/α,β-unsaturated/α-hetero) is 1. The van der Waals surface area contributed by atoms with Gasteiger partial charge in [-0.1, -0.05) is 144 Å². The summed E-state index contributed by atoms with van der Waals surface area (Å²) in [7, 11) is -9.39. The molecule has 0 saturated heterocycles. The maximum atomic E-state index is 12.8. The number of para-hydroxylation sites is 1. The summed E-state index contributed by atoms with van der Waals surface area (Å²) < 4.78 is 86.8. The smallest absolute Gasteiger partial charge is 0.331 e. The molecule has 0 aliphatic carbocycles. The molecule has 6 N–H and O–H groups in total. The molecule has 430 valence electrons. The molecule has 0 atom stereocenters. The third-order valence-electron chi connectivity index (χ3n) is 13.0. The monoisotopic (exact) mass is 1230 g/mol. The average molecular weight is 1230 g/mol. The normalized spacial score (nSPS) is 11.2. The van der Waals surface area contributed by atoms with Crippen LogP contribution in [0, 0.1) is 42.4 Å². The second-order valence-electron chi connectivity index (χ2n) is 19.3. The average Bonchev–Trinajstić information content (AvgIpc) is 2.64. The van der Waals surface area contributed by atoms with Gasteiger partial charge in [0.15, 0.2) is 23.3 Å². The molecular weight excluding hydrogens is 1190 g/mol. The highest BCUT2D eigenvalue weighted by atomic mass is 35.5. The quantitative estimate of drug-likeness (QED) is 0.0764. The summed E-state index contributed by atoms with van der Waals surface area (Å²) in [4.78, 5) is 34.8. The number of hydrogen-bond donors (Lipinski definition) is 5. The molecule has 0 fully saturated rings. The Morgan fingerprint density at radius 1 is 0.494 bits per heavy atom. The second kappa shape index (κ2) is 25.5. The van der Waals surface area contributed by atoms with E-state index < -0.39 is 25.6 Å². The third kappa shape index (κ3) is 14.8. The van der Waals surface area contributed by atoms with Crippen molar-refractivity contribution in [1.82, 2.24) is 29.9 Å². The van der Waals surface area contributed by atoms with Gasteiger partial charge in [0.25, 0.3) is 0 Å². The van der Waals surface area contributed by atoms with Crippen LogP contribution in [-0.2, 0) is 20.0 Å². The predicted molar refractivity (Wildman–Crippen MR) is 337 cm³/mol. The minimum Gasteiger partial charge on any atom is -0.331 e. The van der Waals surface area contributed by atoms with Crippen LogP contribution in [0.25, 0.3) is 66.5 Å². The Morgan fingerprint density at radius 2 is 0.908 bits per heavy atom. The minimum absolute atomic E-state index is 0.0556. The van der Waals surface area contributed by atoms with Crippen molar-refractivity contribution in [3.8, 4) is 68.9 Å². The summed E-state index contributed by atoms with van der Waals surface area (Å²) in [6, 6.07) is 58.8. The fraction of sp³-hybridized carbons (Fsp3) is 0.0448. The number of aromatic nitrogens is 6. The number of aryl methyl sites for hydroxylation is 1. The van der Waals surface area contributed by atoms with Gasteiger partial charge in [0.1, 0.15) is 0 Å². The molecule has 12 rings (SSSR count). The number of anilines is 1. The van der Waals surface area contributed by atoms with Gasteiger partial charge in [-0.25, -0.2) is 28.5 Å². The van der Waals surface area contributed by atoms with Gasteiger partial charge < -0.3 is 15.0 Å². The van der Waals surface area contributed by atoms with Crippen molar-refractivity contribution < 1.29 is 34.8 Å². The maximum Gasteiger partial charge on any atom is 0.516 e. The van der Waals surface area contributed by atoms with E-state index in [1.54, 1.807) is 96.6 Å². The van der Waals surface area contributed by atoms with Gasteiger partial charge in [0.2, 0.25) is 10.0 Å². The number of aromatic amines is 3. The number of nitrogens with zero attached hydrogens (tertiary/aromatic N) is 3. The van der Waals surface area contributed by atoms with Crippen LogP contribution in [0.3, 0.4) is 0 Å². The van der Waals surface area contributed by atoms with E-state index in [9.17, 15) is 34.8 Å². The lowest BCUT2D eigenvalue weighted by Crippen LogP contribution is -2.30. The molecule has 87 heavy (non-hydrogen) atoms. The molecule has 12 aromatic rings. The molecule has 0 amide bonds. The van der Waals surface area contributed by atoms with Crippen molar-refractivity contribution in [1.29, 1.82) is 0 Å². The molecule has 0 radical (unpaired) electrons. The van der Waals surface area contributed by atoms with Crippen LogP contribution in [0.1, 0.15) is 57.0 Å². The van der Waals surface area contributed by atoms with Gasteiger partial charge in [-0.05, 0) is 156 Å². The topological polar surface area (TPSA) is 209 Å². The number of rotatable bonds is 7. The van der Waals surface area contributed by atoms with Gasteiger partial charge in [-0.2, -0.15) is 21.6 Å². The number of sulfonamides is 2. The highest BCUT2D eigenvalue weighted by Gasteiger charge is 2.46. The number of benzene rings is 9. The van der Waals surface area contributed by atoms with Crippen molar-refractivity contribution in [2.45, 2.75) is 24.3 Å². The highest BCUT2D eigenvalue weighted by Crippen LogP contribution is 2.34. The largest absolute Gasteiger partial charge is 0.516 e. The summed E-state index contributed by atoms with van der Waals surface area (Å²) in [5.74, 6) is 19.7. The molecule has 0 saturated carbocycles. The molecule has 0 spiro atoms. The SMILES string of the molecule is CC(=O)c1ccccc1-c1ccc2nc(C#Cc3cccc(C)c3)[nH]c2c1.NS(=O)(=O)c1ccccc1-c1ccc2nc(C#Cc3cccc(Cl)c3)[nH]c2c1.O=S(=O)(Nc1ccccc1-c1ccc2nc(C#Cc3cccc(Cl)c3)[nH]c2c1)C(F)(F)F. The number of alkyl halides is 3. The first-order valence-corrected chi connectivity index (χ1v) is 30.0. The lowest BCUT2D eigenvalue weighted by Gasteiger charge is -2.14. The molecular formula is C67H45Cl2F3N8O5S2. The third-order valence-corrected chi connectivity index (χ3v) is 15.5. The van der Waals surface area contributed by atoms with Crippen molar-refractivity contribution in [3.05, 3.63) is 256 Å². The zero-order valence-electron chi connectivity index (χ0n) is 45.7. The minimum atomic E-state index is -5.55. The van der Waals surface area contributed by atoms with Crippen LogP contribution < -0.4 is 9.86 Å². The number of nitrogens with one attached hydrogen (secondary N) is 4. The number of carbonyl (C=O) groups excluding carboxylic acids is 1. The second-order valence-corrected chi connectivity index (χ2v) is 23.4. The fourth-order valence-electron chi connectivity index (χ4n) is 8.98. The Hall–Kier alpha value is -10.2. The van der Waals surface area contributed by atoms with E-state index >= 15 is 0 Å². The van der Waals surface area contributed by atoms with Gasteiger partial charge in [0, 0.05) is 43.4 Å². The van der Waals surface area contributed by atoms with Gasteiger partial charge in [-0.3, -0.25) is 9.52 Å². The van der Waals surface area contributed by atoms with E-state index in [4.69, 9.17) is 28.3 Å². The van der Waals surface area contributed by atoms with E-state index in [2.05, 4.69) is 65.4 Å². The molecule has 0 aliphatic rings.